The number of phenolic OH excluding ortho intramolecular Hbond substituents is 1. The molecular formula is C23H17OS+. The van der Waals surface area contributed by atoms with Crippen molar-refractivity contribution in [3.05, 3.63) is 97.1 Å². The van der Waals surface area contributed by atoms with Crippen molar-refractivity contribution in [1.82, 2.24) is 0 Å². The lowest BCUT2D eigenvalue weighted by molar-refractivity contribution is 0.475. The molecule has 2 heteroatoms. The summed E-state index contributed by atoms with van der Waals surface area (Å²) in [5, 5.41) is 9.57. The summed E-state index contributed by atoms with van der Waals surface area (Å²) in [6.45, 7) is 0. The van der Waals surface area contributed by atoms with E-state index in [0.717, 1.165) is 11.1 Å². The summed E-state index contributed by atoms with van der Waals surface area (Å²) in [4.78, 5) is 2.45. The summed E-state index contributed by atoms with van der Waals surface area (Å²) in [6.07, 6.45) is 0. The van der Waals surface area contributed by atoms with Gasteiger partial charge in [-0.25, -0.2) is 0 Å². The van der Waals surface area contributed by atoms with E-state index >= 15 is 0 Å². The van der Waals surface area contributed by atoms with Crippen LogP contribution in [0.25, 0.3) is 32.0 Å². The smallest absolute Gasteiger partial charge is 0.239 e. The topological polar surface area (TPSA) is 20.2 Å². The zero-order chi connectivity index (χ0) is 17.1. The molecule has 4 rings (SSSR count). The minimum Gasteiger partial charge on any atom is -0.508 e. The van der Waals surface area contributed by atoms with Gasteiger partial charge in [0, 0.05) is 23.3 Å². The van der Waals surface area contributed by atoms with Crippen LogP contribution in [-0.4, -0.2) is 5.11 Å². The summed E-state index contributed by atoms with van der Waals surface area (Å²) in [6, 6.07) is 32.7. The maximum atomic E-state index is 9.57. The first-order valence-corrected chi connectivity index (χ1v) is 9.00. The molecule has 0 unspecified atom stereocenters. The van der Waals surface area contributed by atoms with Gasteiger partial charge in [-0.05, 0) is 47.5 Å². The molecule has 4 aromatic rings. The predicted octanol–water partition coefficient (Wildman–Crippen LogP) is 6.74. The van der Waals surface area contributed by atoms with Crippen LogP contribution < -0.4 is 0 Å². The van der Waals surface area contributed by atoms with E-state index in [4.69, 9.17) is 0 Å². The molecule has 1 nitrogen and oxygen atoms in total. The van der Waals surface area contributed by atoms with Crippen LogP contribution in [0.5, 0.6) is 5.75 Å². The van der Waals surface area contributed by atoms with Crippen molar-refractivity contribution in [3.8, 4) is 37.8 Å². The lowest BCUT2D eigenvalue weighted by Gasteiger charge is -2.03. The van der Waals surface area contributed by atoms with Crippen LogP contribution in [0, 0.1) is 0 Å². The van der Waals surface area contributed by atoms with Crippen molar-refractivity contribution in [2.75, 3.05) is 0 Å². The van der Waals surface area contributed by atoms with Gasteiger partial charge in [0.15, 0.2) is 0 Å². The van der Waals surface area contributed by atoms with Gasteiger partial charge in [-0.3, -0.25) is 0 Å². The van der Waals surface area contributed by atoms with Crippen molar-refractivity contribution in [2.24, 2.45) is 0 Å². The molecule has 0 spiro atoms. The Morgan fingerprint density at radius 1 is 0.480 bits per heavy atom. The fourth-order valence-corrected chi connectivity index (χ4v) is 3.93. The van der Waals surface area contributed by atoms with Gasteiger partial charge < -0.3 is 5.11 Å². The van der Waals surface area contributed by atoms with E-state index < -0.39 is 0 Å². The van der Waals surface area contributed by atoms with E-state index in [1.54, 1.807) is 23.5 Å². The minimum atomic E-state index is 0.286. The second kappa shape index (κ2) is 6.88. The van der Waals surface area contributed by atoms with Gasteiger partial charge in [-0.15, -0.1) is 0 Å². The third-order valence-electron chi connectivity index (χ3n) is 4.11. The highest BCUT2D eigenvalue weighted by Gasteiger charge is 2.18. The molecule has 0 atom stereocenters. The molecule has 0 amide bonds. The molecular weight excluding hydrogens is 324 g/mol. The average molecular weight is 341 g/mol. The zero-order valence-corrected chi connectivity index (χ0v) is 14.4. The van der Waals surface area contributed by atoms with Crippen molar-refractivity contribution in [2.45, 2.75) is 0 Å². The number of hydrogen-bond donors (Lipinski definition) is 1. The van der Waals surface area contributed by atoms with Gasteiger partial charge in [0.1, 0.15) is 5.75 Å². The largest absolute Gasteiger partial charge is 0.508 e. The van der Waals surface area contributed by atoms with Crippen LogP contribution in [0.1, 0.15) is 0 Å². The molecule has 0 saturated carbocycles. The molecule has 0 aliphatic heterocycles. The molecule has 3 aromatic carbocycles. The lowest BCUT2D eigenvalue weighted by atomic mass is 10.0. The standard InChI is InChI=1S/C23H16OS/c24-21-13-11-17(12-14-21)20-15-22(18-7-3-1-4-8-18)25-23(16-20)19-9-5-2-6-10-19/h1-16H/p+1. The first kappa shape index (κ1) is 15.6. The molecule has 25 heavy (non-hydrogen) atoms. The normalized spacial score (nSPS) is 10.6. The SMILES string of the molecule is Oc1ccc(-c2cc(-c3ccccc3)[s+]c(-c3ccccc3)c2)cc1. The highest BCUT2D eigenvalue weighted by Crippen LogP contribution is 2.37. The Balaban J connectivity index is 1.90. The van der Waals surface area contributed by atoms with Crippen LogP contribution >= 0.6 is 11.3 Å². The van der Waals surface area contributed by atoms with Crippen molar-refractivity contribution >= 4 is 11.3 Å². The first-order chi connectivity index (χ1) is 12.3. The fourth-order valence-electron chi connectivity index (χ4n) is 2.81. The summed E-state index contributed by atoms with van der Waals surface area (Å²) >= 11 is 1.79. The second-order valence-corrected chi connectivity index (χ2v) is 6.94. The van der Waals surface area contributed by atoms with Crippen LogP contribution in [0.2, 0.25) is 0 Å². The summed E-state index contributed by atoms with van der Waals surface area (Å²) in [5.74, 6) is 0.286. The van der Waals surface area contributed by atoms with Gasteiger partial charge in [0.25, 0.3) is 0 Å². The van der Waals surface area contributed by atoms with Crippen molar-refractivity contribution in [3.63, 3.8) is 0 Å². The van der Waals surface area contributed by atoms with Gasteiger partial charge in [0.05, 0.1) is 0 Å². The van der Waals surface area contributed by atoms with E-state index in [1.165, 1.54) is 20.9 Å². The molecule has 0 fully saturated rings. The monoisotopic (exact) mass is 341 g/mol. The fraction of sp³-hybridized carbons (Fsp3) is 0. The molecule has 1 heterocycles. The van der Waals surface area contributed by atoms with Crippen LogP contribution in [0.3, 0.4) is 0 Å². The van der Waals surface area contributed by atoms with Gasteiger partial charge in [-0.1, -0.05) is 48.5 Å². The molecule has 1 N–H and O–H groups in total. The summed E-state index contributed by atoms with van der Waals surface area (Å²) < 4.78 is 0. The number of rotatable bonds is 3. The molecule has 0 bridgehead atoms. The summed E-state index contributed by atoms with van der Waals surface area (Å²) in [5.41, 5.74) is 4.67. The van der Waals surface area contributed by atoms with Gasteiger partial charge in [0.2, 0.25) is 21.1 Å². The maximum absolute atomic E-state index is 9.57. The maximum Gasteiger partial charge on any atom is 0.239 e. The number of phenols is 1. The molecule has 120 valence electrons. The predicted molar refractivity (Wildman–Crippen MR) is 107 cm³/mol. The number of aromatic hydroxyl groups is 1. The molecule has 1 aromatic heterocycles. The highest BCUT2D eigenvalue weighted by atomic mass is 32.1. The molecule has 0 aliphatic carbocycles. The summed E-state index contributed by atoms with van der Waals surface area (Å²) in [7, 11) is 0. The van der Waals surface area contributed by atoms with Gasteiger partial charge >= 0.3 is 0 Å². The van der Waals surface area contributed by atoms with Crippen molar-refractivity contribution in [1.29, 1.82) is 0 Å². The highest BCUT2D eigenvalue weighted by molar-refractivity contribution is 7.18. The Kier molecular flexibility index (Phi) is 4.28. The van der Waals surface area contributed by atoms with Gasteiger partial charge in [-0.2, -0.15) is 0 Å². The van der Waals surface area contributed by atoms with E-state index in [1.807, 2.05) is 24.3 Å². The van der Waals surface area contributed by atoms with E-state index in [0.29, 0.717) is 0 Å². The van der Waals surface area contributed by atoms with Crippen LogP contribution in [0.4, 0.5) is 0 Å². The number of hydrogen-bond acceptors (Lipinski definition) is 1. The quantitative estimate of drug-likeness (QED) is 0.409. The lowest BCUT2D eigenvalue weighted by Crippen LogP contribution is -1.83. The Morgan fingerprint density at radius 3 is 1.44 bits per heavy atom. The van der Waals surface area contributed by atoms with Crippen LogP contribution in [-0.2, 0) is 0 Å². The average Bonchev–Trinajstić information content (AvgIpc) is 2.69. The molecule has 0 aliphatic rings. The number of benzene rings is 3. The van der Waals surface area contributed by atoms with Crippen molar-refractivity contribution < 1.29 is 5.11 Å². The third kappa shape index (κ3) is 3.44. The van der Waals surface area contributed by atoms with E-state index in [-0.39, 0.29) is 5.75 Å². The van der Waals surface area contributed by atoms with E-state index in [9.17, 15) is 5.11 Å². The second-order valence-electron chi connectivity index (χ2n) is 5.85. The third-order valence-corrected chi connectivity index (χ3v) is 5.26. The molecule has 0 radical (unpaired) electrons. The molecule has 0 saturated heterocycles. The Morgan fingerprint density at radius 2 is 0.960 bits per heavy atom. The van der Waals surface area contributed by atoms with Crippen LogP contribution in [0.15, 0.2) is 97.1 Å². The Bertz CT molecular complexity index is 920. The first-order valence-electron chi connectivity index (χ1n) is 8.18. The Hall–Kier alpha value is -2.97. The Labute approximate surface area is 151 Å². The zero-order valence-electron chi connectivity index (χ0n) is 13.6. The minimum absolute atomic E-state index is 0.286. The van der Waals surface area contributed by atoms with E-state index in [2.05, 4.69) is 60.7 Å².